The molecule has 2 aromatic rings. The molecule has 0 aliphatic carbocycles. The summed E-state index contributed by atoms with van der Waals surface area (Å²) in [6.07, 6.45) is 5.29. The van der Waals surface area contributed by atoms with Crippen LogP contribution in [0.1, 0.15) is 48.7 Å². The molecule has 152 valence electrons. The van der Waals surface area contributed by atoms with E-state index in [1.54, 1.807) is 0 Å². The topological polar surface area (TPSA) is 100 Å². The summed E-state index contributed by atoms with van der Waals surface area (Å²) in [4.78, 5) is 27.4. The van der Waals surface area contributed by atoms with E-state index in [0.29, 0.717) is 6.42 Å². The van der Waals surface area contributed by atoms with Crippen molar-refractivity contribution in [2.75, 3.05) is 18.9 Å². The van der Waals surface area contributed by atoms with Gasteiger partial charge in [0.2, 0.25) is 5.91 Å². The Bertz CT molecular complexity index is 790. The Morgan fingerprint density at radius 2 is 2.14 bits per heavy atom. The van der Waals surface area contributed by atoms with Crippen molar-refractivity contribution in [3.63, 3.8) is 0 Å². The molecule has 1 unspecified atom stereocenters. The fraction of sp³-hybridized carbons (Fsp3) is 0.500. The Kier molecular flexibility index (Phi) is 7.98. The maximum Gasteiger partial charge on any atom is 0.290 e. The Labute approximate surface area is 165 Å². The summed E-state index contributed by atoms with van der Waals surface area (Å²) in [6, 6.07) is 6.32. The predicted octanol–water partition coefficient (Wildman–Crippen LogP) is 2.78. The Morgan fingerprint density at radius 1 is 1.39 bits per heavy atom. The minimum atomic E-state index is -0.250. The monoisotopic (exact) mass is 387 g/mol. The number of carbonyl (C=O) groups is 2. The zero-order valence-corrected chi connectivity index (χ0v) is 16.8. The molecule has 1 aliphatic heterocycles. The molecule has 1 aliphatic rings. The highest BCUT2D eigenvalue weighted by Gasteiger charge is 2.29. The van der Waals surface area contributed by atoms with E-state index in [1.165, 1.54) is 5.56 Å². The molecule has 3 heterocycles. The molecular formula is C20H29N5O3. The molecule has 0 saturated carbocycles. The lowest BCUT2D eigenvalue weighted by molar-refractivity contribution is -0.132. The molecule has 2 N–H and O–H groups in total. The van der Waals surface area contributed by atoms with Crippen LogP contribution in [-0.4, -0.2) is 50.7 Å². The fourth-order valence-electron chi connectivity index (χ4n) is 3.63. The highest BCUT2D eigenvalue weighted by atomic mass is 16.3. The lowest BCUT2D eigenvalue weighted by Crippen LogP contribution is -2.30. The molecular weight excluding hydrogens is 358 g/mol. The molecule has 0 bridgehead atoms. The van der Waals surface area contributed by atoms with E-state index in [1.807, 2.05) is 41.9 Å². The summed E-state index contributed by atoms with van der Waals surface area (Å²) in [7, 11) is 1.86. The molecule has 1 fully saturated rings. The van der Waals surface area contributed by atoms with Crippen LogP contribution in [0.2, 0.25) is 0 Å². The third-order valence-electron chi connectivity index (χ3n) is 4.86. The number of pyridine rings is 1. The number of likely N-dealkylation sites (tertiary alicyclic amines) is 1. The third kappa shape index (κ3) is 5.55. The second-order valence-electron chi connectivity index (χ2n) is 6.83. The summed E-state index contributed by atoms with van der Waals surface area (Å²) in [6.45, 7) is 5.45. The second kappa shape index (κ2) is 10.4. The van der Waals surface area contributed by atoms with Gasteiger partial charge in [-0.1, -0.05) is 0 Å². The standard InChI is InChI=1S/C19H27N5O.CH2O2/c1-14-12-15(2)24(22-14)11-5-7-19(25)23-10-4-6-17(23)16-8-9-21-18(13-16)20-3;2-1-3/h8-9,12-13,17H,4-7,10-11H2,1-3H3,(H,20,21);1H,(H,2,3). The van der Waals surface area contributed by atoms with E-state index < -0.39 is 0 Å². The molecule has 0 radical (unpaired) electrons. The van der Waals surface area contributed by atoms with Crippen LogP contribution < -0.4 is 5.32 Å². The van der Waals surface area contributed by atoms with Gasteiger partial charge in [-0.3, -0.25) is 14.3 Å². The van der Waals surface area contributed by atoms with Crippen molar-refractivity contribution in [3.8, 4) is 0 Å². The highest BCUT2D eigenvalue weighted by Crippen LogP contribution is 2.33. The molecule has 0 spiro atoms. The fourth-order valence-corrected chi connectivity index (χ4v) is 3.63. The van der Waals surface area contributed by atoms with Gasteiger partial charge in [-0.2, -0.15) is 5.10 Å². The molecule has 1 amide bonds. The molecule has 8 nitrogen and oxygen atoms in total. The molecule has 2 aromatic heterocycles. The number of carboxylic acid groups (broad SMARTS) is 1. The Balaban J connectivity index is 0.000000878. The largest absolute Gasteiger partial charge is 0.483 e. The van der Waals surface area contributed by atoms with Crippen molar-refractivity contribution in [1.29, 1.82) is 0 Å². The van der Waals surface area contributed by atoms with Crippen molar-refractivity contribution in [1.82, 2.24) is 19.7 Å². The zero-order valence-electron chi connectivity index (χ0n) is 16.8. The Hall–Kier alpha value is -2.90. The van der Waals surface area contributed by atoms with Crippen LogP contribution in [0.25, 0.3) is 0 Å². The number of rotatable bonds is 6. The minimum absolute atomic E-state index is 0.177. The van der Waals surface area contributed by atoms with Crippen LogP contribution in [0.4, 0.5) is 5.82 Å². The normalized spacial score (nSPS) is 15.7. The molecule has 1 saturated heterocycles. The van der Waals surface area contributed by atoms with E-state index in [-0.39, 0.29) is 18.4 Å². The van der Waals surface area contributed by atoms with E-state index in [2.05, 4.69) is 28.4 Å². The average molecular weight is 387 g/mol. The van der Waals surface area contributed by atoms with Crippen LogP contribution >= 0.6 is 0 Å². The lowest BCUT2D eigenvalue weighted by Gasteiger charge is -2.25. The van der Waals surface area contributed by atoms with E-state index in [9.17, 15) is 4.79 Å². The number of amides is 1. The molecule has 0 aromatic carbocycles. The van der Waals surface area contributed by atoms with Crippen LogP contribution in [0.3, 0.4) is 0 Å². The van der Waals surface area contributed by atoms with Crippen molar-refractivity contribution in [3.05, 3.63) is 41.3 Å². The van der Waals surface area contributed by atoms with Gasteiger partial charge >= 0.3 is 0 Å². The van der Waals surface area contributed by atoms with Gasteiger partial charge in [-0.25, -0.2) is 4.98 Å². The molecule has 28 heavy (non-hydrogen) atoms. The number of aromatic nitrogens is 3. The number of anilines is 1. The summed E-state index contributed by atoms with van der Waals surface area (Å²) >= 11 is 0. The lowest BCUT2D eigenvalue weighted by atomic mass is 10.1. The SMILES string of the molecule is CNc1cc(C2CCCN2C(=O)CCCn2nc(C)cc2C)ccn1.O=CO. The highest BCUT2D eigenvalue weighted by molar-refractivity contribution is 5.77. The van der Waals surface area contributed by atoms with Crippen molar-refractivity contribution in [2.45, 2.75) is 52.1 Å². The van der Waals surface area contributed by atoms with Crippen LogP contribution in [0.15, 0.2) is 24.4 Å². The number of nitrogens with zero attached hydrogens (tertiary/aromatic N) is 4. The van der Waals surface area contributed by atoms with Gasteiger partial charge in [0.25, 0.3) is 6.47 Å². The summed E-state index contributed by atoms with van der Waals surface area (Å²) in [5.74, 6) is 1.09. The number of nitrogens with one attached hydrogen (secondary N) is 1. The number of hydrogen-bond donors (Lipinski definition) is 2. The first-order valence-electron chi connectivity index (χ1n) is 9.52. The van der Waals surface area contributed by atoms with Gasteiger partial charge < -0.3 is 15.3 Å². The first kappa shape index (κ1) is 21.4. The van der Waals surface area contributed by atoms with Crippen molar-refractivity contribution >= 4 is 18.2 Å². The summed E-state index contributed by atoms with van der Waals surface area (Å²) in [5, 5.41) is 14.4. The maximum absolute atomic E-state index is 12.7. The first-order chi connectivity index (χ1) is 13.5. The minimum Gasteiger partial charge on any atom is -0.483 e. The first-order valence-corrected chi connectivity index (χ1v) is 9.52. The predicted molar refractivity (Wildman–Crippen MR) is 107 cm³/mol. The quantitative estimate of drug-likeness (QED) is 0.739. The summed E-state index contributed by atoms with van der Waals surface area (Å²) in [5.41, 5.74) is 3.35. The van der Waals surface area contributed by atoms with Gasteiger partial charge in [-0.15, -0.1) is 0 Å². The maximum atomic E-state index is 12.7. The molecule has 1 atom stereocenters. The van der Waals surface area contributed by atoms with Crippen LogP contribution in [0.5, 0.6) is 0 Å². The average Bonchev–Trinajstić information content (AvgIpc) is 3.29. The molecule has 3 rings (SSSR count). The van der Waals surface area contributed by atoms with E-state index >= 15 is 0 Å². The van der Waals surface area contributed by atoms with Crippen LogP contribution in [0, 0.1) is 13.8 Å². The van der Waals surface area contributed by atoms with Gasteiger partial charge in [0.05, 0.1) is 11.7 Å². The zero-order chi connectivity index (χ0) is 20.5. The molecule has 8 heteroatoms. The van der Waals surface area contributed by atoms with E-state index in [0.717, 1.165) is 49.6 Å². The third-order valence-corrected chi connectivity index (χ3v) is 4.86. The second-order valence-corrected chi connectivity index (χ2v) is 6.83. The number of aryl methyl sites for hydroxylation is 3. The van der Waals surface area contributed by atoms with Gasteiger partial charge in [-0.05, 0) is 56.9 Å². The summed E-state index contributed by atoms with van der Waals surface area (Å²) < 4.78 is 1.99. The van der Waals surface area contributed by atoms with E-state index in [4.69, 9.17) is 9.90 Å². The van der Waals surface area contributed by atoms with Gasteiger partial charge in [0.15, 0.2) is 0 Å². The van der Waals surface area contributed by atoms with Crippen molar-refractivity contribution < 1.29 is 14.7 Å². The number of hydrogen-bond acceptors (Lipinski definition) is 5. The Morgan fingerprint density at radius 3 is 2.79 bits per heavy atom. The van der Waals surface area contributed by atoms with Gasteiger partial charge in [0.1, 0.15) is 5.82 Å². The van der Waals surface area contributed by atoms with Crippen LogP contribution in [-0.2, 0) is 16.1 Å². The van der Waals surface area contributed by atoms with Crippen molar-refractivity contribution in [2.24, 2.45) is 0 Å². The van der Waals surface area contributed by atoms with Gasteiger partial charge in [0, 0.05) is 38.4 Å². The number of carbonyl (C=O) groups excluding carboxylic acids is 1. The smallest absolute Gasteiger partial charge is 0.290 e.